The molecule has 2 rings (SSSR count). The number of hydrogen-bond donors (Lipinski definition) is 1. The molecule has 0 radical (unpaired) electrons. The molecule has 19 heavy (non-hydrogen) atoms. The van der Waals surface area contributed by atoms with E-state index >= 15 is 0 Å². The third kappa shape index (κ3) is 3.58. The maximum absolute atomic E-state index is 12.3. The van der Waals surface area contributed by atoms with Crippen LogP contribution in [0.2, 0.25) is 0 Å². The zero-order valence-corrected chi connectivity index (χ0v) is 11.6. The number of amides is 1. The Labute approximate surface area is 114 Å². The topological polar surface area (TPSA) is 62.7 Å². The van der Waals surface area contributed by atoms with Crippen LogP contribution in [0.3, 0.4) is 0 Å². The maximum atomic E-state index is 12.3. The predicted octanol–water partition coefficient (Wildman–Crippen LogP) is 1.08. The first-order valence-corrected chi connectivity index (χ1v) is 6.98. The smallest absolute Gasteiger partial charge is 0.289 e. The molecule has 0 spiro atoms. The van der Waals surface area contributed by atoms with E-state index in [1.54, 1.807) is 6.26 Å². The third-order valence-corrected chi connectivity index (χ3v) is 3.61. The highest BCUT2D eigenvalue weighted by Gasteiger charge is 2.23. The van der Waals surface area contributed by atoms with Crippen LogP contribution in [0.4, 0.5) is 0 Å². The number of rotatable bonds is 4. The lowest BCUT2D eigenvalue weighted by Gasteiger charge is -2.21. The van der Waals surface area contributed by atoms with Crippen molar-refractivity contribution in [3.05, 3.63) is 23.7 Å². The quantitative estimate of drug-likeness (QED) is 0.885. The lowest BCUT2D eigenvalue weighted by Crippen LogP contribution is -2.35. The third-order valence-electron chi connectivity index (χ3n) is 3.61. The molecule has 1 saturated heterocycles. The van der Waals surface area contributed by atoms with Gasteiger partial charge in [0.25, 0.3) is 5.91 Å². The van der Waals surface area contributed by atoms with Crippen LogP contribution in [0, 0.1) is 6.92 Å². The van der Waals surface area contributed by atoms with Crippen molar-refractivity contribution in [2.24, 2.45) is 5.73 Å². The molecule has 1 aliphatic heterocycles. The zero-order valence-electron chi connectivity index (χ0n) is 11.6. The Bertz CT molecular complexity index is 417. The van der Waals surface area contributed by atoms with Crippen LogP contribution < -0.4 is 5.73 Å². The summed E-state index contributed by atoms with van der Waals surface area (Å²) in [4.78, 5) is 16.6. The standard InChI is InChI=1S/C14H23N3O2/c1-12-4-11-19-13(12)14(18)17-8-3-7-16(9-10-17)6-2-5-15/h4,11H,2-3,5-10,15H2,1H3. The van der Waals surface area contributed by atoms with Crippen molar-refractivity contribution in [2.45, 2.75) is 19.8 Å². The molecule has 106 valence electrons. The van der Waals surface area contributed by atoms with Crippen molar-refractivity contribution in [3.8, 4) is 0 Å². The first-order chi connectivity index (χ1) is 9.22. The van der Waals surface area contributed by atoms with Crippen LogP contribution in [0.1, 0.15) is 29.0 Å². The van der Waals surface area contributed by atoms with Gasteiger partial charge in [-0.2, -0.15) is 0 Å². The molecule has 0 saturated carbocycles. The van der Waals surface area contributed by atoms with E-state index in [4.69, 9.17) is 10.2 Å². The normalized spacial score (nSPS) is 17.5. The Kier molecular flexibility index (Phi) is 4.99. The highest BCUT2D eigenvalue weighted by Crippen LogP contribution is 2.14. The summed E-state index contributed by atoms with van der Waals surface area (Å²) in [7, 11) is 0. The SMILES string of the molecule is Cc1ccoc1C(=O)N1CCCN(CCCN)CC1. The van der Waals surface area contributed by atoms with Crippen LogP contribution in [-0.4, -0.2) is 55.0 Å². The average Bonchev–Trinajstić information content (AvgIpc) is 2.71. The van der Waals surface area contributed by atoms with Crippen molar-refractivity contribution in [1.29, 1.82) is 0 Å². The number of furan rings is 1. The summed E-state index contributed by atoms with van der Waals surface area (Å²) < 4.78 is 5.29. The molecule has 2 heterocycles. The molecule has 0 bridgehead atoms. The van der Waals surface area contributed by atoms with Gasteiger partial charge in [0.1, 0.15) is 0 Å². The fraction of sp³-hybridized carbons (Fsp3) is 0.643. The van der Waals surface area contributed by atoms with Gasteiger partial charge in [0.2, 0.25) is 0 Å². The Morgan fingerprint density at radius 2 is 2.21 bits per heavy atom. The van der Waals surface area contributed by atoms with Crippen LogP contribution in [0.25, 0.3) is 0 Å². The van der Waals surface area contributed by atoms with Gasteiger partial charge in [0.05, 0.1) is 6.26 Å². The van der Waals surface area contributed by atoms with Gasteiger partial charge in [-0.05, 0) is 45.5 Å². The highest BCUT2D eigenvalue weighted by molar-refractivity contribution is 5.92. The molecule has 0 unspecified atom stereocenters. The first kappa shape index (κ1) is 14.1. The largest absolute Gasteiger partial charge is 0.459 e. The number of carbonyl (C=O) groups is 1. The second-order valence-electron chi connectivity index (χ2n) is 5.06. The lowest BCUT2D eigenvalue weighted by atomic mass is 10.2. The van der Waals surface area contributed by atoms with E-state index in [1.165, 1.54) is 0 Å². The summed E-state index contributed by atoms with van der Waals surface area (Å²) in [6.07, 6.45) is 3.61. The molecular weight excluding hydrogens is 242 g/mol. The molecule has 1 amide bonds. The fourth-order valence-electron chi connectivity index (χ4n) is 2.45. The minimum absolute atomic E-state index is 0.0168. The average molecular weight is 265 g/mol. The molecule has 2 N–H and O–H groups in total. The lowest BCUT2D eigenvalue weighted by molar-refractivity contribution is 0.0728. The van der Waals surface area contributed by atoms with Gasteiger partial charge in [-0.3, -0.25) is 4.79 Å². The van der Waals surface area contributed by atoms with Crippen molar-refractivity contribution >= 4 is 5.91 Å². The summed E-state index contributed by atoms with van der Waals surface area (Å²) in [6.45, 7) is 7.19. The molecule has 1 aromatic rings. The summed E-state index contributed by atoms with van der Waals surface area (Å²) in [6, 6.07) is 1.83. The second kappa shape index (κ2) is 6.73. The molecule has 5 heteroatoms. The Morgan fingerprint density at radius 3 is 2.89 bits per heavy atom. The van der Waals surface area contributed by atoms with Gasteiger partial charge in [-0.1, -0.05) is 0 Å². The van der Waals surface area contributed by atoms with Gasteiger partial charge in [-0.25, -0.2) is 0 Å². The van der Waals surface area contributed by atoms with Crippen molar-refractivity contribution in [3.63, 3.8) is 0 Å². The molecule has 1 fully saturated rings. The van der Waals surface area contributed by atoms with E-state index in [9.17, 15) is 4.79 Å². The number of aryl methyl sites for hydroxylation is 1. The molecule has 1 aliphatic rings. The van der Waals surface area contributed by atoms with Gasteiger partial charge in [-0.15, -0.1) is 0 Å². The number of nitrogens with two attached hydrogens (primary N) is 1. The van der Waals surface area contributed by atoms with Crippen LogP contribution in [-0.2, 0) is 0 Å². The van der Waals surface area contributed by atoms with Gasteiger partial charge < -0.3 is 20.0 Å². The molecule has 0 aromatic carbocycles. The maximum Gasteiger partial charge on any atom is 0.289 e. The van der Waals surface area contributed by atoms with E-state index in [2.05, 4.69) is 4.90 Å². The van der Waals surface area contributed by atoms with Gasteiger partial charge in [0.15, 0.2) is 5.76 Å². The predicted molar refractivity (Wildman–Crippen MR) is 74.1 cm³/mol. The second-order valence-corrected chi connectivity index (χ2v) is 5.06. The molecule has 5 nitrogen and oxygen atoms in total. The van der Waals surface area contributed by atoms with Crippen LogP contribution in [0.5, 0.6) is 0 Å². The monoisotopic (exact) mass is 265 g/mol. The molecule has 0 atom stereocenters. The Balaban J connectivity index is 1.92. The first-order valence-electron chi connectivity index (χ1n) is 6.98. The zero-order chi connectivity index (χ0) is 13.7. The Morgan fingerprint density at radius 1 is 1.37 bits per heavy atom. The fourth-order valence-corrected chi connectivity index (χ4v) is 2.45. The minimum atomic E-state index is 0.0168. The van der Waals surface area contributed by atoms with E-state index in [-0.39, 0.29) is 5.91 Å². The van der Waals surface area contributed by atoms with E-state index in [0.29, 0.717) is 5.76 Å². The van der Waals surface area contributed by atoms with Crippen LogP contribution in [0.15, 0.2) is 16.7 Å². The van der Waals surface area contributed by atoms with Crippen molar-refractivity contribution in [2.75, 3.05) is 39.3 Å². The van der Waals surface area contributed by atoms with Gasteiger partial charge in [0, 0.05) is 25.2 Å². The summed E-state index contributed by atoms with van der Waals surface area (Å²) in [5.41, 5.74) is 6.45. The number of nitrogens with zero attached hydrogens (tertiary/aromatic N) is 2. The van der Waals surface area contributed by atoms with E-state index in [1.807, 2.05) is 17.9 Å². The molecule has 0 aliphatic carbocycles. The number of hydrogen-bond acceptors (Lipinski definition) is 4. The Hall–Kier alpha value is -1.33. The summed E-state index contributed by atoms with van der Waals surface area (Å²) in [5.74, 6) is 0.499. The van der Waals surface area contributed by atoms with E-state index in [0.717, 1.165) is 57.7 Å². The van der Waals surface area contributed by atoms with Crippen molar-refractivity contribution < 1.29 is 9.21 Å². The van der Waals surface area contributed by atoms with Crippen LogP contribution >= 0.6 is 0 Å². The van der Waals surface area contributed by atoms with Gasteiger partial charge >= 0.3 is 0 Å². The minimum Gasteiger partial charge on any atom is -0.459 e. The molecule has 1 aromatic heterocycles. The van der Waals surface area contributed by atoms with E-state index < -0.39 is 0 Å². The van der Waals surface area contributed by atoms with Crippen molar-refractivity contribution in [1.82, 2.24) is 9.80 Å². The highest BCUT2D eigenvalue weighted by atomic mass is 16.3. The molecular formula is C14H23N3O2. The summed E-state index contributed by atoms with van der Waals surface area (Å²) in [5, 5.41) is 0. The number of carbonyl (C=O) groups excluding carboxylic acids is 1. The summed E-state index contributed by atoms with van der Waals surface area (Å²) >= 11 is 0.